The summed E-state index contributed by atoms with van der Waals surface area (Å²) < 4.78 is 0. The third-order valence-electron chi connectivity index (χ3n) is 9.95. The van der Waals surface area contributed by atoms with Gasteiger partial charge in [0, 0.05) is 0 Å². The van der Waals surface area contributed by atoms with E-state index in [1.807, 2.05) is 0 Å². The van der Waals surface area contributed by atoms with E-state index >= 15 is 0 Å². The lowest BCUT2D eigenvalue weighted by atomic mass is 9.70. The lowest BCUT2D eigenvalue weighted by molar-refractivity contribution is 0.156. The first-order chi connectivity index (χ1) is 15.7. The van der Waals surface area contributed by atoms with Crippen LogP contribution in [0.15, 0.2) is 0 Å². The fraction of sp³-hybridized carbons (Fsp3) is 1.00. The van der Waals surface area contributed by atoms with Gasteiger partial charge in [0.1, 0.15) is 0 Å². The van der Waals surface area contributed by atoms with E-state index in [1.54, 1.807) is 0 Å². The Balaban J connectivity index is 2.76. The van der Waals surface area contributed by atoms with Gasteiger partial charge in [0.25, 0.3) is 0 Å². The van der Waals surface area contributed by atoms with E-state index in [0.29, 0.717) is 0 Å². The van der Waals surface area contributed by atoms with Crippen molar-refractivity contribution in [2.75, 3.05) is 0 Å². The molecule has 0 nitrogen and oxygen atoms in total. The Morgan fingerprint density at radius 3 is 1.70 bits per heavy atom. The molecule has 0 heteroatoms. The second-order valence-electron chi connectivity index (χ2n) is 13.2. The van der Waals surface area contributed by atoms with Crippen LogP contribution in [0.1, 0.15) is 159 Å². The molecule has 1 aliphatic carbocycles. The standard InChI is InChI=1S/C33H66/c1-10-27(8)33(21-26(7)20-25(5)6)24-30(13-4)23-31(17-14-16-29(11-2)12-3)22-28(9)32-18-15-19-32/h25-33H,10-24H2,1-9H3. The van der Waals surface area contributed by atoms with Crippen LogP contribution in [0.2, 0.25) is 0 Å². The summed E-state index contributed by atoms with van der Waals surface area (Å²) in [5.41, 5.74) is 0. The molecular weight excluding hydrogens is 396 g/mol. The summed E-state index contributed by atoms with van der Waals surface area (Å²) in [4.78, 5) is 0. The minimum Gasteiger partial charge on any atom is -0.0651 e. The van der Waals surface area contributed by atoms with Crippen LogP contribution in [0.25, 0.3) is 0 Å². The Labute approximate surface area is 211 Å². The first-order valence-corrected chi connectivity index (χ1v) is 15.7. The molecule has 0 spiro atoms. The fourth-order valence-electron chi connectivity index (χ4n) is 7.09. The van der Waals surface area contributed by atoms with Crippen LogP contribution in [-0.4, -0.2) is 0 Å². The van der Waals surface area contributed by atoms with Gasteiger partial charge in [-0.1, -0.05) is 127 Å². The molecule has 198 valence electrons. The van der Waals surface area contributed by atoms with Crippen LogP contribution < -0.4 is 0 Å². The van der Waals surface area contributed by atoms with Gasteiger partial charge in [-0.25, -0.2) is 0 Å². The lowest BCUT2D eigenvalue weighted by Gasteiger charge is -2.36. The van der Waals surface area contributed by atoms with Crippen LogP contribution in [0.4, 0.5) is 0 Å². The Kier molecular flexibility index (Phi) is 16.4. The molecule has 33 heavy (non-hydrogen) atoms. The number of hydrogen-bond acceptors (Lipinski definition) is 0. The van der Waals surface area contributed by atoms with E-state index in [0.717, 1.165) is 53.3 Å². The zero-order valence-corrected chi connectivity index (χ0v) is 24.8. The summed E-state index contributed by atoms with van der Waals surface area (Å²) >= 11 is 0. The van der Waals surface area contributed by atoms with E-state index in [1.165, 1.54) is 96.3 Å². The predicted octanol–water partition coefficient (Wildman–Crippen LogP) is 11.6. The fourth-order valence-corrected chi connectivity index (χ4v) is 7.09. The molecule has 1 fully saturated rings. The summed E-state index contributed by atoms with van der Waals surface area (Å²) in [5, 5.41) is 0. The van der Waals surface area contributed by atoms with E-state index in [9.17, 15) is 0 Å². The van der Waals surface area contributed by atoms with Crippen molar-refractivity contribution in [3.8, 4) is 0 Å². The van der Waals surface area contributed by atoms with Gasteiger partial charge in [-0.05, 0) is 85.4 Å². The van der Waals surface area contributed by atoms with Crippen LogP contribution in [0.3, 0.4) is 0 Å². The third-order valence-corrected chi connectivity index (χ3v) is 9.95. The van der Waals surface area contributed by atoms with Gasteiger partial charge in [-0.3, -0.25) is 0 Å². The molecule has 0 heterocycles. The summed E-state index contributed by atoms with van der Waals surface area (Å²) in [7, 11) is 0. The molecule has 0 N–H and O–H groups in total. The third kappa shape index (κ3) is 12.5. The smallest absolute Gasteiger partial charge is 0.0383 e. The quantitative estimate of drug-likeness (QED) is 0.169. The van der Waals surface area contributed by atoms with Crippen LogP contribution in [0.5, 0.6) is 0 Å². The molecule has 0 aromatic heterocycles. The zero-order chi connectivity index (χ0) is 24.8. The van der Waals surface area contributed by atoms with Crippen molar-refractivity contribution in [2.45, 2.75) is 159 Å². The lowest BCUT2D eigenvalue weighted by Crippen LogP contribution is -2.24. The highest BCUT2D eigenvalue weighted by Crippen LogP contribution is 2.40. The molecule has 0 aromatic rings. The molecule has 0 aliphatic heterocycles. The molecule has 6 atom stereocenters. The second-order valence-corrected chi connectivity index (χ2v) is 13.2. The van der Waals surface area contributed by atoms with Crippen molar-refractivity contribution in [2.24, 2.45) is 53.3 Å². The molecular formula is C33H66. The van der Waals surface area contributed by atoms with E-state index < -0.39 is 0 Å². The molecule has 0 radical (unpaired) electrons. The maximum Gasteiger partial charge on any atom is -0.0383 e. The average molecular weight is 463 g/mol. The normalized spacial score (nSPS) is 20.5. The van der Waals surface area contributed by atoms with Gasteiger partial charge in [-0.15, -0.1) is 0 Å². The summed E-state index contributed by atoms with van der Waals surface area (Å²) in [5.74, 6) is 8.45. The first kappa shape index (κ1) is 31.0. The molecule has 0 bridgehead atoms. The van der Waals surface area contributed by atoms with Gasteiger partial charge in [0.05, 0.1) is 0 Å². The molecule has 1 rings (SSSR count). The van der Waals surface area contributed by atoms with Crippen molar-refractivity contribution < 1.29 is 0 Å². The SMILES string of the molecule is CCC(CC)CCCC(CC(CC)CC(CC(C)CC(C)C)C(C)CC)CC(C)C1CCC1. The van der Waals surface area contributed by atoms with Crippen molar-refractivity contribution in [3.05, 3.63) is 0 Å². The summed E-state index contributed by atoms with van der Waals surface area (Å²) in [6.45, 7) is 22.2. The van der Waals surface area contributed by atoms with Crippen molar-refractivity contribution >= 4 is 0 Å². The minimum atomic E-state index is 0.840. The van der Waals surface area contributed by atoms with Gasteiger partial charge in [0.2, 0.25) is 0 Å². The molecule has 0 amide bonds. The Hall–Kier alpha value is 0. The minimum absolute atomic E-state index is 0.840. The second kappa shape index (κ2) is 17.4. The molecule has 6 unspecified atom stereocenters. The van der Waals surface area contributed by atoms with Gasteiger partial charge >= 0.3 is 0 Å². The highest BCUT2D eigenvalue weighted by molar-refractivity contribution is 4.80. The van der Waals surface area contributed by atoms with E-state index in [4.69, 9.17) is 0 Å². The molecule has 1 saturated carbocycles. The van der Waals surface area contributed by atoms with Crippen LogP contribution in [0, 0.1) is 53.3 Å². The highest BCUT2D eigenvalue weighted by Gasteiger charge is 2.29. The zero-order valence-electron chi connectivity index (χ0n) is 24.8. The predicted molar refractivity (Wildman–Crippen MR) is 152 cm³/mol. The van der Waals surface area contributed by atoms with E-state index in [2.05, 4.69) is 62.3 Å². The average Bonchev–Trinajstić information content (AvgIpc) is 2.72. The largest absolute Gasteiger partial charge is 0.0651 e. The van der Waals surface area contributed by atoms with Gasteiger partial charge in [-0.2, -0.15) is 0 Å². The van der Waals surface area contributed by atoms with Crippen molar-refractivity contribution in [1.29, 1.82) is 0 Å². The highest BCUT2D eigenvalue weighted by atomic mass is 14.3. The maximum absolute atomic E-state index is 2.59. The van der Waals surface area contributed by atoms with Crippen LogP contribution in [-0.2, 0) is 0 Å². The summed E-state index contributed by atoms with van der Waals surface area (Å²) in [6, 6.07) is 0. The van der Waals surface area contributed by atoms with Crippen molar-refractivity contribution in [1.82, 2.24) is 0 Å². The number of rotatable bonds is 20. The Morgan fingerprint density at radius 2 is 1.21 bits per heavy atom. The van der Waals surface area contributed by atoms with E-state index in [-0.39, 0.29) is 0 Å². The first-order valence-electron chi connectivity index (χ1n) is 15.7. The molecule has 1 aliphatic rings. The maximum atomic E-state index is 2.59. The Morgan fingerprint density at radius 1 is 0.606 bits per heavy atom. The van der Waals surface area contributed by atoms with Crippen molar-refractivity contribution in [3.63, 3.8) is 0 Å². The topological polar surface area (TPSA) is 0 Å². The van der Waals surface area contributed by atoms with Gasteiger partial charge < -0.3 is 0 Å². The van der Waals surface area contributed by atoms with Gasteiger partial charge in [0.15, 0.2) is 0 Å². The number of hydrogen-bond donors (Lipinski definition) is 0. The summed E-state index contributed by atoms with van der Waals surface area (Å²) in [6.07, 6.45) is 21.9. The Bertz CT molecular complexity index is 443. The monoisotopic (exact) mass is 463 g/mol. The van der Waals surface area contributed by atoms with Crippen LogP contribution >= 0.6 is 0 Å². The molecule has 0 aromatic carbocycles. The molecule has 0 saturated heterocycles.